The van der Waals surface area contributed by atoms with Gasteiger partial charge in [0, 0.05) is 37.7 Å². The third kappa shape index (κ3) is 2.54. The minimum Gasteiger partial charge on any atom is -0.348 e. The van der Waals surface area contributed by atoms with Gasteiger partial charge in [0.2, 0.25) is 0 Å². The maximum absolute atomic E-state index is 12.6. The number of imidazole rings is 1. The molecule has 3 aromatic rings. The average Bonchev–Trinajstić information content (AvgIpc) is 3.15. The molecule has 1 aliphatic rings. The van der Waals surface area contributed by atoms with Gasteiger partial charge >= 0.3 is 6.03 Å². The van der Waals surface area contributed by atoms with E-state index >= 15 is 0 Å². The van der Waals surface area contributed by atoms with Crippen molar-refractivity contribution in [3.63, 3.8) is 0 Å². The molecule has 0 aliphatic carbocycles. The summed E-state index contributed by atoms with van der Waals surface area (Å²) in [6.45, 7) is 7.04. The molecule has 6 heteroatoms. The number of aryl methyl sites for hydroxylation is 2. The normalized spacial score (nSPS) is 14.0. The van der Waals surface area contributed by atoms with Gasteiger partial charge in [-0.05, 0) is 37.4 Å². The number of carbonyl (C=O) groups is 1. The van der Waals surface area contributed by atoms with Crippen molar-refractivity contribution in [2.45, 2.75) is 33.5 Å². The zero-order chi connectivity index (χ0) is 16.7. The second kappa shape index (κ2) is 5.70. The summed E-state index contributed by atoms with van der Waals surface area (Å²) in [6, 6.07) is 8.05. The smallest absolute Gasteiger partial charge is 0.322 e. The Morgan fingerprint density at radius 1 is 1.29 bits per heavy atom. The molecule has 3 heterocycles. The molecule has 24 heavy (non-hydrogen) atoms. The van der Waals surface area contributed by atoms with Crippen LogP contribution in [0.1, 0.15) is 18.4 Å². The number of fused-ring (bicyclic) bond motifs is 2. The average molecular weight is 323 g/mol. The number of carbonyl (C=O) groups excluding carboxylic acids is 1. The van der Waals surface area contributed by atoms with E-state index in [2.05, 4.69) is 38.6 Å². The molecule has 124 valence electrons. The van der Waals surface area contributed by atoms with E-state index in [4.69, 9.17) is 0 Å². The van der Waals surface area contributed by atoms with Gasteiger partial charge in [0.15, 0.2) is 0 Å². The minimum atomic E-state index is -0.0733. The van der Waals surface area contributed by atoms with Crippen molar-refractivity contribution < 1.29 is 4.79 Å². The highest BCUT2D eigenvalue weighted by atomic mass is 16.2. The van der Waals surface area contributed by atoms with Crippen molar-refractivity contribution in [1.29, 1.82) is 0 Å². The van der Waals surface area contributed by atoms with E-state index in [1.165, 1.54) is 5.39 Å². The zero-order valence-corrected chi connectivity index (χ0v) is 14.0. The number of hydrogen-bond donors (Lipinski definition) is 1. The molecule has 2 amide bonds. The lowest BCUT2D eigenvalue weighted by Crippen LogP contribution is -2.40. The zero-order valence-electron chi connectivity index (χ0n) is 14.0. The minimum absolute atomic E-state index is 0.0733. The number of urea groups is 1. The van der Waals surface area contributed by atoms with Gasteiger partial charge in [-0.15, -0.1) is 0 Å². The highest BCUT2D eigenvalue weighted by Gasteiger charge is 2.22. The van der Waals surface area contributed by atoms with Crippen LogP contribution in [0.15, 0.2) is 36.7 Å². The molecule has 6 nitrogen and oxygen atoms in total. The van der Waals surface area contributed by atoms with E-state index in [0.717, 1.165) is 35.8 Å². The van der Waals surface area contributed by atoms with Crippen molar-refractivity contribution in [1.82, 2.24) is 19.0 Å². The summed E-state index contributed by atoms with van der Waals surface area (Å²) in [5, 5.41) is 4.20. The molecule has 0 bridgehead atoms. The van der Waals surface area contributed by atoms with Gasteiger partial charge in [-0.2, -0.15) is 0 Å². The molecule has 0 saturated heterocycles. The first-order valence-electron chi connectivity index (χ1n) is 8.31. The maximum atomic E-state index is 12.6. The summed E-state index contributed by atoms with van der Waals surface area (Å²) in [6.07, 6.45) is 4.11. The molecule has 0 radical (unpaired) electrons. The first-order chi connectivity index (χ1) is 11.6. The second-order valence-corrected chi connectivity index (χ2v) is 6.22. The van der Waals surface area contributed by atoms with Crippen LogP contribution in [0, 0.1) is 6.92 Å². The Balaban J connectivity index is 1.52. The second-order valence-electron chi connectivity index (χ2n) is 6.22. The molecule has 1 aliphatic heterocycles. The van der Waals surface area contributed by atoms with E-state index in [1.54, 1.807) is 0 Å². The van der Waals surface area contributed by atoms with Gasteiger partial charge in [-0.25, -0.2) is 9.78 Å². The first-order valence-corrected chi connectivity index (χ1v) is 8.31. The highest BCUT2D eigenvalue weighted by Crippen LogP contribution is 2.21. The SMILES string of the molecule is CCn1ccc2ccc(NC(=O)N3CCn4cc(C)nc4C3)cc21. The van der Waals surface area contributed by atoms with Crippen LogP contribution in [0.25, 0.3) is 10.9 Å². The Bertz CT molecular complexity index is 907. The van der Waals surface area contributed by atoms with Gasteiger partial charge in [0.25, 0.3) is 0 Å². The third-order valence-corrected chi connectivity index (χ3v) is 4.58. The molecule has 2 aromatic heterocycles. The topological polar surface area (TPSA) is 55.1 Å². The fourth-order valence-electron chi connectivity index (χ4n) is 3.31. The maximum Gasteiger partial charge on any atom is 0.322 e. The fraction of sp³-hybridized carbons (Fsp3) is 0.333. The number of nitrogens with zero attached hydrogens (tertiary/aromatic N) is 4. The summed E-state index contributed by atoms with van der Waals surface area (Å²) in [7, 11) is 0. The van der Waals surface area contributed by atoms with Gasteiger partial charge in [0.1, 0.15) is 5.82 Å². The molecule has 1 aromatic carbocycles. The van der Waals surface area contributed by atoms with Crippen molar-refractivity contribution in [3.05, 3.63) is 48.2 Å². The number of aromatic nitrogens is 3. The molecule has 0 unspecified atom stereocenters. The summed E-state index contributed by atoms with van der Waals surface area (Å²) >= 11 is 0. The van der Waals surface area contributed by atoms with Crippen molar-refractivity contribution in [3.8, 4) is 0 Å². The predicted octanol–water partition coefficient (Wildman–Crippen LogP) is 3.21. The Morgan fingerprint density at radius 2 is 2.17 bits per heavy atom. The monoisotopic (exact) mass is 323 g/mol. The van der Waals surface area contributed by atoms with E-state index in [9.17, 15) is 4.79 Å². The molecule has 0 saturated carbocycles. The van der Waals surface area contributed by atoms with E-state index in [0.29, 0.717) is 13.1 Å². The van der Waals surface area contributed by atoms with Crippen LogP contribution in [0.4, 0.5) is 10.5 Å². The van der Waals surface area contributed by atoms with Crippen LogP contribution in [0.5, 0.6) is 0 Å². The Morgan fingerprint density at radius 3 is 3.00 bits per heavy atom. The van der Waals surface area contributed by atoms with Crippen LogP contribution in [0.2, 0.25) is 0 Å². The Labute approximate surface area is 140 Å². The summed E-state index contributed by atoms with van der Waals surface area (Å²) in [4.78, 5) is 18.9. The van der Waals surface area contributed by atoms with Crippen molar-refractivity contribution >= 4 is 22.6 Å². The van der Waals surface area contributed by atoms with E-state index < -0.39 is 0 Å². The predicted molar refractivity (Wildman–Crippen MR) is 94.0 cm³/mol. The third-order valence-electron chi connectivity index (χ3n) is 4.58. The number of amides is 2. The lowest BCUT2D eigenvalue weighted by atomic mass is 10.2. The summed E-state index contributed by atoms with van der Waals surface area (Å²) in [5.74, 6) is 0.948. The van der Waals surface area contributed by atoms with Crippen LogP contribution in [0.3, 0.4) is 0 Å². The fourth-order valence-corrected chi connectivity index (χ4v) is 3.31. The molecular formula is C18H21N5O. The summed E-state index contributed by atoms with van der Waals surface area (Å²) in [5.41, 5.74) is 2.96. The van der Waals surface area contributed by atoms with Gasteiger partial charge in [-0.1, -0.05) is 6.07 Å². The van der Waals surface area contributed by atoms with Crippen LogP contribution < -0.4 is 5.32 Å². The number of nitrogens with one attached hydrogen (secondary N) is 1. The van der Waals surface area contributed by atoms with Gasteiger partial charge in [0.05, 0.1) is 17.8 Å². The lowest BCUT2D eigenvalue weighted by molar-refractivity contribution is 0.195. The molecule has 1 N–H and O–H groups in total. The number of rotatable bonds is 2. The van der Waals surface area contributed by atoms with Crippen LogP contribution in [-0.4, -0.2) is 31.6 Å². The highest BCUT2D eigenvalue weighted by molar-refractivity contribution is 5.92. The molecule has 4 rings (SSSR count). The van der Waals surface area contributed by atoms with Crippen LogP contribution in [-0.2, 0) is 19.6 Å². The molecule has 0 atom stereocenters. The van der Waals surface area contributed by atoms with Crippen LogP contribution >= 0.6 is 0 Å². The Kier molecular flexibility index (Phi) is 3.52. The largest absolute Gasteiger partial charge is 0.348 e. The standard InChI is InChI=1S/C18H21N5O/c1-3-21-7-6-14-4-5-15(10-16(14)21)20-18(24)23-9-8-22-11-13(2)19-17(22)12-23/h4-7,10-11H,3,8-9,12H2,1-2H3,(H,20,24). The van der Waals surface area contributed by atoms with Crippen molar-refractivity contribution in [2.24, 2.45) is 0 Å². The van der Waals surface area contributed by atoms with E-state index in [-0.39, 0.29) is 6.03 Å². The Hall–Kier alpha value is -2.76. The number of anilines is 1. The quantitative estimate of drug-likeness (QED) is 0.787. The van der Waals surface area contributed by atoms with Gasteiger partial charge < -0.3 is 19.4 Å². The number of benzene rings is 1. The van der Waals surface area contributed by atoms with E-state index in [1.807, 2.05) is 36.2 Å². The molecule has 0 spiro atoms. The number of hydrogen-bond acceptors (Lipinski definition) is 2. The summed E-state index contributed by atoms with van der Waals surface area (Å²) < 4.78 is 4.30. The molecular weight excluding hydrogens is 302 g/mol. The lowest BCUT2D eigenvalue weighted by Gasteiger charge is -2.27. The van der Waals surface area contributed by atoms with Gasteiger partial charge in [-0.3, -0.25) is 0 Å². The molecule has 0 fully saturated rings. The van der Waals surface area contributed by atoms with Crippen molar-refractivity contribution in [2.75, 3.05) is 11.9 Å². The first kappa shape index (κ1) is 14.8.